The van der Waals surface area contributed by atoms with Crippen molar-refractivity contribution in [1.82, 2.24) is 4.90 Å². The van der Waals surface area contributed by atoms with Crippen LogP contribution in [0.2, 0.25) is 0 Å². The highest BCUT2D eigenvalue weighted by atomic mass is 32.2. The first-order valence-electron chi connectivity index (χ1n) is 8.50. The molecular formula is C18H16N2O7S2. The maximum absolute atomic E-state index is 13.1. The molecule has 1 N–H and O–H groups in total. The fourth-order valence-electron chi connectivity index (χ4n) is 3.34. The van der Waals surface area contributed by atoms with E-state index in [0.717, 1.165) is 22.5 Å². The third kappa shape index (κ3) is 3.47. The molecule has 152 valence electrons. The summed E-state index contributed by atoms with van der Waals surface area (Å²) in [6.45, 7) is 1.33. The van der Waals surface area contributed by atoms with E-state index in [4.69, 9.17) is 9.47 Å². The number of hydrogen-bond donors (Lipinski definition) is 1. The van der Waals surface area contributed by atoms with Gasteiger partial charge in [-0.3, -0.25) is 19.3 Å². The zero-order chi connectivity index (χ0) is 20.9. The maximum atomic E-state index is 13.1. The summed E-state index contributed by atoms with van der Waals surface area (Å²) in [4.78, 5) is 38.6. The number of fused-ring (bicyclic) bond motifs is 2. The smallest absolute Gasteiger partial charge is 0.272 e. The minimum absolute atomic E-state index is 0.0362. The van der Waals surface area contributed by atoms with Crippen molar-refractivity contribution < 1.29 is 32.3 Å². The molecule has 0 radical (unpaired) electrons. The van der Waals surface area contributed by atoms with Gasteiger partial charge in [-0.2, -0.15) is 0 Å². The van der Waals surface area contributed by atoms with Gasteiger partial charge in [0.05, 0.1) is 23.0 Å². The quantitative estimate of drug-likeness (QED) is 0.710. The van der Waals surface area contributed by atoms with Crippen molar-refractivity contribution in [2.45, 2.75) is 13.0 Å². The number of ether oxygens (including phenoxy) is 2. The third-order valence-corrected chi connectivity index (χ3v) is 6.39. The van der Waals surface area contributed by atoms with Gasteiger partial charge < -0.3 is 14.8 Å². The van der Waals surface area contributed by atoms with Crippen molar-refractivity contribution in [2.24, 2.45) is 0 Å². The van der Waals surface area contributed by atoms with Crippen LogP contribution < -0.4 is 14.8 Å². The van der Waals surface area contributed by atoms with E-state index in [2.05, 4.69) is 5.32 Å². The minimum atomic E-state index is -3.55. The van der Waals surface area contributed by atoms with Gasteiger partial charge in [-0.15, -0.1) is 11.3 Å². The SMILES string of the molecule is CC(=O)Nc1csc2c1C(=O)N([C@H](CS(C)(=O)=O)c1ccc3c(c1)OCO3)C2=O. The van der Waals surface area contributed by atoms with E-state index < -0.39 is 33.4 Å². The van der Waals surface area contributed by atoms with Gasteiger partial charge in [-0.1, -0.05) is 6.07 Å². The Morgan fingerprint density at radius 2 is 1.97 bits per heavy atom. The van der Waals surface area contributed by atoms with Crippen LogP contribution in [0, 0.1) is 0 Å². The predicted molar refractivity (Wildman–Crippen MR) is 104 cm³/mol. The number of nitrogens with zero attached hydrogens (tertiary/aromatic N) is 1. The van der Waals surface area contributed by atoms with E-state index in [1.165, 1.54) is 12.3 Å². The Balaban J connectivity index is 1.77. The average molecular weight is 436 g/mol. The highest BCUT2D eigenvalue weighted by Gasteiger charge is 2.44. The molecule has 0 aliphatic carbocycles. The number of amides is 3. The second kappa shape index (κ2) is 6.85. The number of benzene rings is 1. The first kappa shape index (κ1) is 19.4. The molecule has 2 aromatic rings. The molecule has 9 nitrogen and oxygen atoms in total. The molecule has 0 spiro atoms. The standard InChI is InChI=1S/C18H16N2O7S2/c1-9(21)19-11-6-28-16-15(11)17(22)20(18(16)23)12(7-29(2,24)25)10-3-4-13-14(5-10)27-8-26-13/h3-6,12H,7-8H2,1-2H3,(H,19,21)/t12-/m1/s1. The fourth-order valence-corrected chi connectivity index (χ4v) is 5.18. The van der Waals surface area contributed by atoms with Crippen LogP contribution in [0.3, 0.4) is 0 Å². The van der Waals surface area contributed by atoms with Gasteiger partial charge in [0.25, 0.3) is 11.8 Å². The van der Waals surface area contributed by atoms with Crippen molar-refractivity contribution in [3.63, 3.8) is 0 Å². The van der Waals surface area contributed by atoms with Gasteiger partial charge >= 0.3 is 0 Å². The van der Waals surface area contributed by atoms with Gasteiger partial charge in [0.15, 0.2) is 11.5 Å². The van der Waals surface area contributed by atoms with Crippen LogP contribution in [0.15, 0.2) is 23.6 Å². The van der Waals surface area contributed by atoms with Gasteiger partial charge in [0, 0.05) is 18.6 Å². The van der Waals surface area contributed by atoms with Crippen molar-refractivity contribution in [3.05, 3.63) is 39.6 Å². The monoisotopic (exact) mass is 436 g/mol. The molecule has 2 aliphatic heterocycles. The molecule has 1 atom stereocenters. The number of nitrogens with one attached hydrogen (secondary N) is 1. The Kier molecular flexibility index (Phi) is 4.58. The first-order valence-corrected chi connectivity index (χ1v) is 11.4. The lowest BCUT2D eigenvalue weighted by Crippen LogP contribution is -2.37. The lowest BCUT2D eigenvalue weighted by atomic mass is 10.1. The van der Waals surface area contributed by atoms with Crippen LogP contribution in [0.25, 0.3) is 0 Å². The van der Waals surface area contributed by atoms with E-state index in [1.807, 2.05) is 0 Å². The Labute approximate surface area is 170 Å². The second-order valence-electron chi connectivity index (χ2n) is 6.74. The summed E-state index contributed by atoms with van der Waals surface area (Å²) in [5, 5.41) is 4.05. The van der Waals surface area contributed by atoms with Crippen molar-refractivity contribution in [1.29, 1.82) is 0 Å². The lowest BCUT2D eigenvalue weighted by Gasteiger charge is -2.26. The molecule has 1 aromatic heterocycles. The number of imide groups is 1. The zero-order valence-corrected chi connectivity index (χ0v) is 17.1. The molecule has 0 saturated carbocycles. The minimum Gasteiger partial charge on any atom is -0.454 e. The summed E-state index contributed by atoms with van der Waals surface area (Å²) in [5.41, 5.74) is 0.745. The van der Waals surface area contributed by atoms with Gasteiger partial charge in [-0.05, 0) is 17.7 Å². The van der Waals surface area contributed by atoms with Crippen LogP contribution in [0.5, 0.6) is 11.5 Å². The third-order valence-electron chi connectivity index (χ3n) is 4.50. The number of carbonyl (C=O) groups excluding carboxylic acids is 3. The van der Waals surface area contributed by atoms with Gasteiger partial charge in [0.2, 0.25) is 12.7 Å². The summed E-state index contributed by atoms with van der Waals surface area (Å²) >= 11 is 1.03. The largest absolute Gasteiger partial charge is 0.454 e. The normalized spacial score (nSPS) is 16.1. The van der Waals surface area contributed by atoms with Crippen LogP contribution in [-0.2, 0) is 14.6 Å². The first-order chi connectivity index (χ1) is 13.7. The summed E-state index contributed by atoms with van der Waals surface area (Å²) < 4.78 is 34.8. The summed E-state index contributed by atoms with van der Waals surface area (Å²) in [6.07, 6.45) is 1.04. The van der Waals surface area contributed by atoms with E-state index >= 15 is 0 Å². The van der Waals surface area contributed by atoms with Crippen LogP contribution in [0.4, 0.5) is 5.69 Å². The molecule has 2 aliphatic rings. The molecule has 0 saturated heterocycles. The summed E-state index contributed by atoms with van der Waals surface area (Å²) in [5.74, 6) is -1.17. The molecule has 0 unspecified atom stereocenters. The van der Waals surface area contributed by atoms with Crippen LogP contribution in [-0.4, -0.2) is 49.8 Å². The maximum Gasteiger partial charge on any atom is 0.272 e. The molecule has 11 heteroatoms. The lowest BCUT2D eigenvalue weighted by molar-refractivity contribution is -0.114. The number of rotatable bonds is 5. The Hall–Kier alpha value is -2.92. The molecule has 29 heavy (non-hydrogen) atoms. The molecule has 1 aromatic carbocycles. The molecule has 0 fully saturated rings. The number of hydrogen-bond acceptors (Lipinski definition) is 8. The van der Waals surface area contributed by atoms with E-state index in [1.54, 1.807) is 18.2 Å². The molecular weight excluding hydrogens is 420 g/mol. The highest BCUT2D eigenvalue weighted by molar-refractivity contribution is 7.90. The Bertz CT molecular complexity index is 1150. The van der Waals surface area contributed by atoms with E-state index in [9.17, 15) is 22.8 Å². The zero-order valence-electron chi connectivity index (χ0n) is 15.4. The highest BCUT2D eigenvalue weighted by Crippen LogP contribution is 2.41. The number of thiophene rings is 1. The topological polar surface area (TPSA) is 119 Å². The Morgan fingerprint density at radius 1 is 1.24 bits per heavy atom. The van der Waals surface area contributed by atoms with Crippen molar-refractivity contribution in [3.8, 4) is 11.5 Å². The molecule has 3 amide bonds. The van der Waals surface area contributed by atoms with Gasteiger partial charge in [0.1, 0.15) is 14.7 Å². The number of carbonyl (C=O) groups is 3. The average Bonchev–Trinajstić information content (AvgIpc) is 3.30. The predicted octanol–water partition coefficient (Wildman–Crippen LogP) is 1.82. The summed E-state index contributed by atoms with van der Waals surface area (Å²) in [7, 11) is -3.55. The van der Waals surface area contributed by atoms with Crippen LogP contribution in [0.1, 0.15) is 38.6 Å². The van der Waals surface area contributed by atoms with Crippen molar-refractivity contribution >= 4 is 44.6 Å². The molecule has 0 bridgehead atoms. The summed E-state index contributed by atoms with van der Waals surface area (Å²) in [6, 6.07) is 3.73. The van der Waals surface area contributed by atoms with E-state index in [0.29, 0.717) is 17.1 Å². The van der Waals surface area contributed by atoms with Gasteiger partial charge in [-0.25, -0.2) is 8.42 Å². The molecule has 3 heterocycles. The Morgan fingerprint density at radius 3 is 2.66 bits per heavy atom. The van der Waals surface area contributed by atoms with Crippen LogP contribution >= 0.6 is 11.3 Å². The van der Waals surface area contributed by atoms with Crippen molar-refractivity contribution in [2.75, 3.05) is 24.1 Å². The fraction of sp³-hybridized carbons (Fsp3) is 0.278. The number of sulfone groups is 1. The molecule has 4 rings (SSSR count). The van der Waals surface area contributed by atoms with E-state index in [-0.39, 0.29) is 28.8 Å². The second-order valence-corrected chi connectivity index (χ2v) is 9.80. The number of anilines is 1.